The fourth-order valence-electron chi connectivity index (χ4n) is 7.36. The molecule has 0 bridgehead atoms. The number of carbonyl (C=O) groups is 6. The van der Waals surface area contributed by atoms with Crippen molar-refractivity contribution in [2.45, 2.75) is 350 Å². The first-order valence-corrected chi connectivity index (χ1v) is 29.8. The van der Waals surface area contributed by atoms with E-state index in [1.165, 1.54) is 193 Å². The average molecular weight is 1120 g/mol. The first kappa shape index (κ1) is 84.5. The van der Waals surface area contributed by atoms with Crippen molar-refractivity contribution in [1.29, 1.82) is 0 Å². The maximum Gasteiger partial charge on any atom is 6.00 e. The molecular weight excluding hydrogens is 1010 g/mol. The molecule has 0 aliphatic carbocycles. The molecule has 0 aromatic rings. The van der Waals surface area contributed by atoms with Crippen LogP contribution in [0.25, 0.3) is 0 Å². The number of carboxylic acids is 6. The Morgan fingerprint density at radius 1 is 0.178 bits per heavy atom. The zero-order valence-electron chi connectivity index (χ0n) is 48.2. The molecule has 13 heteroatoms. The summed E-state index contributed by atoms with van der Waals surface area (Å²) in [6.45, 7) is 13.1. The molecule has 0 rings (SSSR count). The van der Waals surface area contributed by atoms with Crippen molar-refractivity contribution < 1.29 is 80.5 Å². The van der Waals surface area contributed by atoms with Crippen molar-refractivity contribution in [3.8, 4) is 0 Å². The van der Waals surface area contributed by atoms with E-state index in [-0.39, 0.29) is 59.6 Å². The van der Waals surface area contributed by atoms with Gasteiger partial charge in [-0.3, -0.25) is 0 Å². The zero-order valence-corrected chi connectivity index (χ0v) is 50.3. The number of carbonyl (C=O) groups excluding carboxylic acids is 6. The van der Waals surface area contributed by atoms with E-state index in [9.17, 15) is 59.4 Å². The second-order valence-corrected chi connectivity index (χ2v) is 19.5. The Kier molecular flexibility index (Phi) is 93.6. The summed E-state index contributed by atoms with van der Waals surface area (Å²) >= 11 is 0. The summed E-state index contributed by atoms with van der Waals surface area (Å²) in [6.07, 6.45) is 50.1. The number of hydrogen-bond donors (Lipinski definition) is 0. The maximum atomic E-state index is 10.0. The van der Waals surface area contributed by atoms with E-state index in [0.29, 0.717) is 0 Å². The average Bonchev–Trinajstić information content (AvgIpc) is 3.33. The molecule has 0 saturated carbocycles. The van der Waals surface area contributed by atoms with Crippen LogP contribution < -0.4 is 30.6 Å². The summed E-state index contributed by atoms with van der Waals surface area (Å²) in [6, 6.07) is 0. The zero-order chi connectivity index (χ0) is 55.4. The topological polar surface area (TPSA) is 241 Å². The van der Waals surface area contributed by atoms with Gasteiger partial charge in [-0.1, -0.05) is 273 Å². The van der Waals surface area contributed by atoms with E-state index in [0.717, 1.165) is 77.0 Å². The predicted molar refractivity (Wildman–Crippen MR) is 286 cm³/mol. The van der Waals surface area contributed by atoms with Gasteiger partial charge in [-0.25, -0.2) is 0 Å². The van der Waals surface area contributed by atoms with Crippen molar-refractivity contribution in [3.63, 3.8) is 0 Å². The molecule has 0 unspecified atom stereocenters. The first-order valence-electron chi connectivity index (χ1n) is 29.8. The minimum atomic E-state index is -0.913. The van der Waals surface area contributed by atoms with E-state index in [1.807, 2.05) is 0 Å². The molecule has 0 aliphatic heterocycles. The molecule has 73 heavy (non-hydrogen) atoms. The largest absolute Gasteiger partial charge is 6.00 e. The minimum absolute atomic E-state index is 0. The Labute approximate surface area is 463 Å². The van der Waals surface area contributed by atoms with Crippen LogP contribution in [0.5, 0.6) is 0 Å². The van der Waals surface area contributed by atoms with Gasteiger partial charge in [0.15, 0.2) is 0 Å². The molecule has 0 aromatic carbocycles. The molecule has 0 aromatic heterocycles. The summed E-state index contributed by atoms with van der Waals surface area (Å²) in [5.41, 5.74) is 0. The third kappa shape index (κ3) is 119. The van der Waals surface area contributed by atoms with Crippen molar-refractivity contribution >= 4 is 35.8 Å². The Morgan fingerprint density at radius 2 is 0.260 bits per heavy atom. The summed E-state index contributed by atoms with van der Waals surface area (Å²) < 4.78 is 0. The number of hydrogen-bond acceptors (Lipinski definition) is 12. The smallest absolute Gasteiger partial charge is 0.550 e. The van der Waals surface area contributed by atoms with Gasteiger partial charge in [0.2, 0.25) is 0 Å². The monoisotopic (exact) mass is 1120 g/mol. The standard InChI is InChI=1S/6C10H20O2.Mo/c6*1-2-3-4-5-6-7-8-9-10(11)12;/h6*2-9H2,1H3,(H,11,12);/q;;;;;;+6/p-6. The van der Waals surface area contributed by atoms with E-state index in [4.69, 9.17) is 0 Å². The second kappa shape index (κ2) is 80.9. The van der Waals surface area contributed by atoms with Crippen LogP contribution in [-0.4, -0.2) is 35.8 Å². The fourth-order valence-corrected chi connectivity index (χ4v) is 7.36. The summed E-state index contributed by atoms with van der Waals surface area (Å²) in [7, 11) is 0. The van der Waals surface area contributed by atoms with Crippen LogP contribution in [-0.2, 0) is 49.8 Å². The number of carboxylic acid groups (broad SMARTS) is 6. The van der Waals surface area contributed by atoms with Crippen molar-refractivity contribution in [2.24, 2.45) is 0 Å². The molecule has 0 fully saturated rings. The van der Waals surface area contributed by atoms with Gasteiger partial charge in [-0.15, -0.1) is 0 Å². The van der Waals surface area contributed by atoms with E-state index in [2.05, 4.69) is 41.5 Å². The molecule has 0 atom stereocenters. The fraction of sp³-hybridized carbons (Fsp3) is 0.900. The van der Waals surface area contributed by atoms with Gasteiger partial charge < -0.3 is 59.4 Å². The van der Waals surface area contributed by atoms with E-state index >= 15 is 0 Å². The molecule has 0 saturated heterocycles. The molecule has 0 spiro atoms. The van der Waals surface area contributed by atoms with Crippen LogP contribution in [0.15, 0.2) is 0 Å². The van der Waals surface area contributed by atoms with Gasteiger partial charge in [0.05, 0.1) is 0 Å². The van der Waals surface area contributed by atoms with Crippen LogP contribution in [0.1, 0.15) is 350 Å². The molecule has 0 aliphatic rings. The van der Waals surface area contributed by atoms with E-state index < -0.39 is 35.8 Å². The van der Waals surface area contributed by atoms with Crippen LogP contribution in [0.2, 0.25) is 0 Å². The number of unbranched alkanes of at least 4 members (excludes halogenated alkanes) is 36. The van der Waals surface area contributed by atoms with Gasteiger partial charge in [0.1, 0.15) is 0 Å². The Morgan fingerprint density at radius 3 is 0.342 bits per heavy atom. The summed E-state index contributed by atoms with van der Waals surface area (Å²) in [4.78, 5) is 60.1. The number of rotatable bonds is 48. The predicted octanol–water partition coefficient (Wildman–Crippen LogP) is 11.3. The summed E-state index contributed by atoms with van der Waals surface area (Å²) in [5, 5.41) is 60.1. The molecule has 432 valence electrons. The van der Waals surface area contributed by atoms with Gasteiger partial charge in [0.25, 0.3) is 0 Å². The van der Waals surface area contributed by atoms with Gasteiger partial charge >= 0.3 is 21.1 Å². The Hall–Kier alpha value is -2.49. The molecular formula is C60H114MoO12. The molecule has 12 nitrogen and oxygen atoms in total. The molecule has 0 N–H and O–H groups in total. The summed E-state index contributed by atoms with van der Waals surface area (Å²) in [5.74, 6) is -5.48. The normalized spacial score (nSPS) is 9.95. The molecule has 0 heterocycles. The van der Waals surface area contributed by atoms with Gasteiger partial charge in [-0.05, 0) is 77.0 Å². The van der Waals surface area contributed by atoms with Crippen molar-refractivity contribution in [2.75, 3.05) is 0 Å². The van der Waals surface area contributed by atoms with Crippen molar-refractivity contribution in [3.05, 3.63) is 0 Å². The molecule has 0 amide bonds. The van der Waals surface area contributed by atoms with Gasteiger partial charge in [0, 0.05) is 35.8 Å². The molecule has 0 radical (unpaired) electrons. The number of aliphatic carboxylic acids is 6. The second-order valence-electron chi connectivity index (χ2n) is 19.5. The van der Waals surface area contributed by atoms with Crippen molar-refractivity contribution in [1.82, 2.24) is 0 Å². The van der Waals surface area contributed by atoms with Crippen LogP contribution in [0.3, 0.4) is 0 Å². The Balaban J connectivity index is -0.000000143. The Bertz CT molecular complexity index is 887. The maximum absolute atomic E-state index is 10.0. The first-order chi connectivity index (χ1) is 34.6. The van der Waals surface area contributed by atoms with Crippen LogP contribution in [0, 0.1) is 0 Å². The van der Waals surface area contributed by atoms with Crippen LogP contribution >= 0.6 is 0 Å². The third-order valence-electron chi connectivity index (χ3n) is 11.9. The van der Waals surface area contributed by atoms with Gasteiger partial charge in [-0.2, -0.15) is 0 Å². The minimum Gasteiger partial charge on any atom is -0.550 e. The SMILES string of the molecule is CCCCCCCCCC(=O)[O-].CCCCCCCCCC(=O)[O-].CCCCCCCCCC(=O)[O-].CCCCCCCCCC(=O)[O-].CCCCCCCCCC(=O)[O-].CCCCCCCCCC(=O)[O-].[Mo+6]. The van der Waals surface area contributed by atoms with Crippen LogP contribution in [0.4, 0.5) is 0 Å². The third-order valence-corrected chi connectivity index (χ3v) is 11.9. The van der Waals surface area contributed by atoms with E-state index in [1.54, 1.807) is 0 Å². The quantitative estimate of drug-likeness (QED) is 0.0408.